The summed E-state index contributed by atoms with van der Waals surface area (Å²) in [6.07, 6.45) is -0.858. The second-order valence-electron chi connectivity index (χ2n) is 3.56. The fourth-order valence-corrected chi connectivity index (χ4v) is 1.77. The van der Waals surface area contributed by atoms with Crippen molar-refractivity contribution >= 4 is 28.4 Å². The molecule has 0 spiro atoms. The van der Waals surface area contributed by atoms with Crippen molar-refractivity contribution in [2.45, 2.75) is 19.1 Å². The lowest BCUT2D eigenvalue weighted by Crippen LogP contribution is -2.21. The van der Waals surface area contributed by atoms with E-state index in [2.05, 4.69) is 4.98 Å². The summed E-state index contributed by atoms with van der Waals surface area (Å²) in [6.45, 7) is 1.40. The summed E-state index contributed by atoms with van der Waals surface area (Å²) < 4.78 is 0. The fraction of sp³-hybridized carbons (Fsp3) is 0.400. The van der Waals surface area contributed by atoms with Gasteiger partial charge in [-0.1, -0.05) is 11.8 Å². The maximum Gasteiger partial charge on any atom is 0.185 e. The van der Waals surface area contributed by atoms with Gasteiger partial charge in [0, 0.05) is 24.4 Å². The largest absolute Gasteiger partial charge is 0.396 e. The van der Waals surface area contributed by atoms with Crippen LogP contribution in [0.1, 0.15) is 18.6 Å². The molecule has 2 atom stereocenters. The molecule has 17 heavy (non-hydrogen) atoms. The number of aliphatic hydroxyl groups is 2. The van der Waals surface area contributed by atoms with Gasteiger partial charge in [-0.15, -0.1) is 0 Å². The number of nitrogens with two attached hydrogens (primary N) is 2. The Labute approximate surface area is 103 Å². The molecule has 1 aromatic rings. The number of anilines is 2. The highest BCUT2D eigenvalue weighted by Gasteiger charge is 2.20. The Morgan fingerprint density at radius 2 is 2.18 bits per heavy atom. The lowest BCUT2D eigenvalue weighted by Gasteiger charge is -2.17. The molecule has 0 amide bonds. The normalized spacial score (nSPS) is 14.3. The van der Waals surface area contributed by atoms with E-state index < -0.39 is 12.2 Å². The van der Waals surface area contributed by atoms with Gasteiger partial charge in [-0.05, 0) is 6.07 Å². The number of aliphatic hydroxyl groups excluding tert-OH is 2. The Bertz CT molecular complexity index is 414. The summed E-state index contributed by atoms with van der Waals surface area (Å²) in [5, 5.41) is 19.3. The highest BCUT2D eigenvalue weighted by Crippen LogP contribution is 2.23. The Balaban J connectivity index is 2.70. The van der Waals surface area contributed by atoms with Gasteiger partial charge in [-0.25, -0.2) is 4.98 Å². The van der Waals surface area contributed by atoms with Crippen molar-refractivity contribution < 1.29 is 15.0 Å². The number of rotatable bonds is 4. The van der Waals surface area contributed by atoms with Gasteiger partial charge in [-0.3, -0.25) is 4.79 Å². The maximum absolute atomic E-state index is 10.7. The summed E-state index contributed by atoms with van der Waals surface area (Å²) >= 11 is 0.944. The number of nitrogen functional groups attached to an aromatic ring is 2. The van der Waals surface area contributed by atoms with Crippen LogP contribution < -0.4 is 11.5 Å². The Hall–Kier alpha value is -1.31. The van der Waals surface area contributed by atoms with Gasteiger partial charge in [0.05, 0.1) is 11.8 Å². The first-order chi connectivity index (χ1) is 7.91. The zero-order valence-corrected chi connectivity index (χ0v) is 10.1. The second kappa shape index (κ2) is 5.85. The van der Waals surface area contributed by atoms with Crippen LogP contribution in [0.3, 0.4) is 0 Å². The van der Waals surface area contributed by atoms with Crippen LogP contribution in [0.25, 0.3) is 0 Å². The van der Waals surface area contributed by atoms with Crippen LogP contribution in [0.2, 0.25) is 0 Å². The van der Waals surface area contributed by atoms with Gasteiger partial charge in [-0.2, -0.15) is 0 Å². The quantitative estimate of drug-likeness (QED) is 0.595. The molecule has 0 radical (unpaired) electrons. The van der Waals surface area contributed by atoms with E-state index in [0.717, 1.165) is 11.8 Å². The van der Waals surface area contributed by atoms with Crippen LogP contribution in [0.4, 0.5) is 11.5 Å². The topological polar surface area (TPSA) is 122 Å². The molecule has 1 heterocycles. The van der Waals surface area contributed by atoms with Gasteiger partial charge in [0.25, 0.3) is 0 Å². The van der Waals surface area contributed by atoms with Crippen molar-refractivity contribution in [2.24, 2.45) is 0 Å². The van der Waals surface area contributed by atoms with Crippen molar-refractivity contribution in [1.82, 2.24) is 4.98 Å². The average Bonchev–Trinajstić information content (AvgIpc) is 2.28. The average molecular weight is 257 g/mol. The Morgan fingerprint density at radius 3 is 2.71 bits per heavy atom. The van der Waals surface area contributed by atoms with Crippen molar-refractivity contribution in [3.63, 3.8) is 0 Å². The molecule has 0 aliphatic rings. The molecule has 0 bridgehead atoms. The number of carbonyl (C=O) groups is 1. The number of carbonyl (C=O) groups excluding carboxylic acids is 1. The monoisotopic (exact) mass is 257 g/mol. The van der Waals surface area contributed by atoms with E-state index in [9.17, 15) is 15.0 Å². The van der Waals surface area contributed by atoms with E-state index in [1.807, 2.05) is 0 Å². The van der Waals surface area contributed by atoms with Crippen LogP contribution in [0.5, 0.6) is 0 Å². The van der Waals surface area contributed by atoms with Crippen LogP contribution >= 0.6 is 11.8 Å². The Kier molecular flexibility index (Phi) is 4.73. The third-order valence-electron chi connectivity index (χ3n) is 2.13. The molecule has 7 heteroatoms. The number of hydrogen-bond donors (Lipinski definition) is 4. The molecule has 2 unspecified atom stereocenters. The number of hydrogen-bond acceptors (Lipinski definition) is 7. The third-order valence-corrected chi connectivity index (χ3v) is 3.05. The van der Waals surface area contributed by atoms with E-state index in [4.69, 9.17) is 11.5 Å². The summed E-state index contributed by atoms with van der Waals surface area (Å²) in [5.74, 6) is 0.286. The molecule has 0 aliphatic heterocycles. The van der Waals surface area contributed by atoms with E-state index >= 15 is 0 Å². The summed E-state index contributed by atoms with van der Waals surface area (Å²) in [4.78, 5) is 14.5. The lowest BCUT2D eigenvalue weighted by atomic mass is 10.1. The van der Waals surface area contributed by atoms with Gasteiger partial charge in [0.15, 0.2) is 5.12 Å². The number of aromatic nitrogens is 1. The van der Waals surface area contributed by atoms with Gasteiger partial charge in [0.2, 0.25) is 0 Å². The zero-order chi connectivity index (χ0) is 13.0. The van der Waals surface area contributed by atoms with Crippen molar-refractivity contribution in [1.29, 1.82) is 0 Å². The Morgan fingerprint density at radius 1 is 1.53 bits per heavy atom. The summed E-state index contributed by atoms with van der Waals surface area (Å²) in [5.41, 5.74) is 11.6. The van der Waals surface area contributed by atoms with E-state index in [1.165, 1.54) is 19.2 Å². The molecule has 0 fully saturated rings. The minimum atomic E-state index is -1.14. The highest BCUT2D eigenvalue weighted by molar-refractivity contribution is 8.13. The van der Waals surface area contributed by atoms with Gasteiger partial charge >= 0.3 is 0 Å². The molecule has 94 valence electrons. The predicted molar refractivity (Wildman–Crippen MR) is 67.2 cm³/mol. The summed E-state index contributed by atoms with van der Waals surface area (Å²) in [7, 11) is 0. The van der Waals surface area contributed by atoms with E-state index in [0.29, 0.717) is 5.56 Å². The standard InChI is InChI=1S/C10H15N3O3S/c1-5(14)17-4-8(15)9(16)6-2-7(11)10(12)13-3-6/h2-3,8-9,15-16H,4,11H2,1H3,(H2,12,13). The molecule has 0 aliphatic carbocycles. The smallest absolute Gasteiger partial charge is 0.185 e. The fourth-order valence-electron chi connectivity index (χ4n) is 1.19. The maximum atomic E-state index is 10.7. The number of thioether (sulfide) groups is 1. The predicted octanol–water partition coefficient (Wildman–Crippen LogP) is -0.0800. The first-order valence-electron chi connectivity index (χ1n) is 4.92. The van der Waals surface area contributed by atoms with Crippen LogP contribution in [-0.4, -0.2) is 32.2 Å². The zero-order valence-electron chi connectivity index (χ0n) is 9.33. The minimum absolute atomic E-state index is 0.112. The molecular weight excluding hydrogens is 242 g/mol. The van der Waals surface area contributed by atoms with Crippen LogP contribution in [0.15, 0.2) is 12.3 Å². The highest BCUT2D eigenvalue weighted by atomic mass is 32.2. The van der Waals surface area contributed by atoms with Crippen LogP contribution in [0, 0.1) is 0 Å². The van der Waals surface area contributed by atoms with Gasteiger partial charge in [0.1, 0.15) is 11.9 Å². The third kappa shape index (κ3) is 3.88. The lowest BCUT2D eigenvalue weighted by molar-refractivity contribution is -0.109. The van der Waals surface area contributed by atoms with Crippen molar-refractivity contribution in [3.05, 3.63) is 17.8 Å². The van der Waals surface area contributed by atoms with Gasteiger partial charge < -0.3 is 21.7 Å². The number of pyridine rings is 1. The second-order valence-corrected chi connectivity index (χ2v) is 4.75. The summed E-state index contributed by atoms with van der Waals surface area (Å²) in [6, 6.07) is 1.45. The first kappa shape index (κ1) is 13.8. The molecular formula is C10H15N3O3S. The van der Waals surface area contributed by atoms with E-state index in [1.54, 1.807) is 0 Å². The molecule has 1 rings (SSSR count). The molecule has 0 saturated heterocycles. The van der Waals surface area contributed by atoms with E-state index in [-0.39, 0.29) is 22.4 Å². The molecule has 6 N–H and O–H groups in total. The number of nitrogens with zero attached hydrogens (tertiary/aromatic N) is 1. The molecule has 6 nitrogen and oxygen atoms in total. The minimum Gasteiger partial charge on any atom is -0.396 e. The molecule has 0 saturated carbocycles. The van der Waals surface area contributed by atoms with Crippen LogP contribution in [-0.2, 0) is 4.79 Å². The first-order valence-corrected chi connectivity index (χ1v) is 5.90. The SMILES string of the molecule is CC(=O)SCC(O)C(O)c1cnc(N)c(N)c1. The van der Waals surface area contributed by atoms with Crippen molar-refractivity contribution in [2.75, 3.05) is 17.2 Å². The molecule has 1 aromatic heterocycles. The molecule has 0 aromatic carbocycles. The van der Waals surface area contributed by atoms with Crippen molar-refractivity contribution in [3.8, 4) is 0 Å².